The Morgan fingerprint density at radius 2 is 2.19 bits per heavy atom. The lowest BCUT2D eigenvalue weighted by Gasteiger charge is -2.31. The van der Waals surface area contributed by atoms with Crippen LogP contribution in [0.2, 0.25) is 5.02 Å². The van der Waals surface area contributed by atoms with Crippen molar-refractivity contribution in [2.45, 2.75) is 32.4 Å². The Hall–Kier alpha value is -0.780. The first-order valence-corrected chi connectivity index (χ1v) is 8.36. The number of amides is 1. The Balaban J connectivity index is 1.79. The smallest absolute Gasteiger partial charge is 0.409 e. The molecule has 116 valence electrons. The molecular weight excluding hydrogens is 356 g/mol. The maximum absolute atomic E-state index is 11.6. The van der Waals surface area contributed by atoms with Crippen LogP contribution in [0.1, 0.15) is 25.3 Å². The molecule has 4 nitrogen and oxygen atoms in total. The predicted octanol–water partition coefficient (Wildman–Crippen LogP) is 3.81. The number of carbonyl (C=O) groups excluding carboxylic acids is 1. The number of benzene rings is 1. The molecule has 0 unspecified atom stereocenters. The molecule has 0 spiro atoms. The highest BCUT2D eigenvalue weighted by molar-refractivity contribution is 9.10. The van der Waals surface area contributed by atoms with Gasteiger partial charge < -0.3 is 15.0 Å². The Bertz CT molecular complexity index is 491. The van der Waals surface area contributed by atoms with Crippen molar-refractivity contribution in [3.63, 3.8) is 0 Å². The van der Waals surface area contributed by atoms with Crippen molar-refractivity contribution in [3.05, 3.63) is 33.3 Å². The van der Waals surface area contributed by atoms with Crippen molar-refractivity contribution in [2.24, 2.45) is 0 Å². The number of halogens is 2. The van der Waals surface area contributed by atoms with E-state index in [1.165, 1.54) is 0 Å². The zero-order chi connectivity index (χ0) is 15.2. The normalized spacial score (nSPS) is 16.0. The highest BCUT2D eigenvalue weighted by atomic mass is 79.9. The summed E-state index contributed by atoms with van der Waals surface area (Å²) in [6.45, 7) is 4.47. The summed E-state index contributed by atoms with van der Waals surface area (Å²) in [5, 5.41) is 4.29. The fraction of sp³-hybridized carbons (Fsp3) is 0.533. The summed E-state index contributed by atoms with van der Waals surface area (Å²) in [4.78, 5) is 13.4. The maximum Gasteiger partial charge on any atom is 0.409 e. The van der Waals surface area contributed by atoms with Gasteiger partial charge in [-0.15, -0.1) is 0 Å². The van der Waals surface area contributed by atoms with Gasteiger partial charge in [-0.3, -0.25) is 0 Å². The van der Waals surface area contributed by atoms with E-state index in [1.807, 2.05) is 25.1 Å². The van der Waals surface area contributed by atoms with E-state index in [-0.39, 0.29) is 6.09 Å². The molecule has 1 fully saturated rings. The lowest BCUT2D eigenvalue weighted by Crippen LogP contribution is -2.44. The first kappa shape index (κ1) is 16.6. The predicted molar refractivity (Wildman–Crippen MR) is 87.6 cm³/mol. The molecule has 1 aliphatic rings. The van der Waals surface area contributed by atoms with E-state index in [0.717, 1.165) is 47.5 Å². The molecule has 6 heteroatoms. The number of ether oxygens (including phenoxy) is 1. The van der Waals surface area contributed by atoms with E-state index in [9.17, 15) is 4.79 Å². The average molecular weight is 376 g/mol. The molecule has 2 rings (SSSR count). The quantitative estimate of drug-likeness (QED) is 0.870. The van der Waals surface area contributed by atoms with Crippen LogP contribution in [-0.4, -0.2) is 36.7 Å². The molecule has 0 aromatic heterocycles. The van der Waals surface area contributed by atoms with E-state index in [4.69, 9.17) is 16.3 Å². The van der Waals surface area contributed by atoms with Crippen LogP contribution in [0, 0.1) is 0 Å². The van der Waals surface area contributed by atoms with Gasteiger partial charge in [0.1, 0.15) is 0 Å². The SMILES string of the molecule is CCOC(=O)N1CCC(NCc2cc(Br)ccc2Cl)CC1. The molecule has 0 aliphatic carbocycles. The lowest BCUT2D eigenvalue weighted by molar-refractivity contribution is 0.0950. The van der Waals surface area contributed by atoms with Crippen LogP contribution in [0.4, 0.5) is 4.79 Å². The third-order valence-electron chi connectivity index (χ3n) is 3.61. The van der Waals surface area contributed by atoms with Crippen LogP contribution in [0.25, 0.3) is 0 Å². The van der Waals surface area contributed by atoms with Gasteiger partial charge in [0.25, 0.3) is 0 Å². The van der Waals surface area contributed by atoms with Gasteiger partial charge in [-0.2, -0.15) is 0 Å². The molecule has 1 aliphatic heterocycles. The number of hydrogen-bond donors (Lipinski definition) is 1. The molecule has 0 atom stereocenters. The van der Waals surface area contributed by atoms with Gasteiger partial charge in [0, 0.05) is 35.2 Å². The second kappa shape index (κ2) is 8.01. The second-order valence-electron chi connectivity index (χ2n) is 5.08. The zero-order valence-corrected chi connectivity index (χ0v) is 14.4. The molecule has 0 radical (unpaired) electrons. The minimum atomic E-state index is -0.203. The van der Waals surface area contributed by atoms with Crippen LogP contribution in [0.3, 0.4) is 0 Å². The third-order valence-corrected chi connectivity index (χ3v) is 4.47. The number of carbonyl (C=O) groups is 1. The second-order valence-corrected chi connectivity index (χ2v) is 6.40. The highest BCUT2D eigenvalue weighted by Crippen LogP contribution is 2.21. The van der Waals surface area contributed by atoms with Gasteiger partial charge in [0.15, 0.2) is 0 Å². The monoisotopic (exact) mass is 374 g/mol. The summed E-state index contributed by atoms with van der Waals surface area (Å²) in [6.07, 6.45) is 1.67. The van der Waals surface area contributed by atoms with Gasteiger partial charge in [0.05, 0.1) is 6.61 Å². The third kappa shape index (κ3) is 4.87. The van der Waals surface area contributed by atoms with Crippen molar-refractivity contribution in [1.29, 1.82) is 0 Å². The fourth-order valence-corrected chi connectivity index (χ4v) is 3.01. The van der Waals surface area contributed by atoms with E-state index < -0.39 is 0 Å². The summed E-state index contributed by atoms with van der Waals surface area (Å²) in [6, 6.07) is 6.27. The topological polar surface area (TPSA) is 41.6 Å². The molecule has 0 bridgehead atoms. The summed E-state index contributed by atoms with van der Waals surface area (Å²) in [7, 11) is 0. The van der Waals surface area contributed by atoms with Crippen molar-refractivity contribution < 1.29 is 9.53 Å². The number of likely N-dealkylation sites (tertiary alicyclic amines) is 1. The molecule has 1 saturated heterocycles. The largest absolute Gasteiger partial charge is 0.450 e. The maximum atomic E-state index is 11.6. The zero-order valence-electron chi connectivity index (χ0n) is 12.1. The van der Waals surface area contributed by atoms with Gasteiger partial charge in [-0.25, -0.2) is 4.79 Å². The van der Waals surface area contributed by atoms with Gasteiger partial charge in [0.2, 0.25) is 0 Å². The number of hydrogen-bond acceptors (Lipinski definition) is 3. The van der Waals surface area contributed by atoms with Crippen molar-refractivity contribution in [2.75, 3.05) is 19.7 Å². The molecular formula is C15H20BrClN2O2. The molecule has 1 aromatic rings. The summed E-state index contributed by atoms with van der Waals surface area (Å²) in [5.41, 5.74) is 1.08. The van der Waals surface area contributed by atoms with E-state index >= 15 is 0 Å². The van der Waals surface area contributed by atoms with E-state index in [1.54, 1.807) is 4.90 Å². The molecule has 1 heterocycles. The van der Waals surface area contributed by atoms with Crippen LogP contribution in [0.5, 0.6) is 0 Å². The Morgan fingerprint density at radius 3 is 2.86 bits per heavy atom. The van der Waals surface area contributed by atoms with Crippen LogP contribution < -0.4 is 5.32 Å². The number of rotatable bonds is 4. The summed E-state index contributed by atoms with van der Waals surface area (Å²) in [5.74, 6) is 0. The van der Waals surface area contributed by atoms with Gasteiger partial charge >= 0.3 is 6.09 Å². The van der Waals surface area contributed by atoms with Crippen LogP contribution in [-0.2, 0) is 11.3 Å². The first-order valence-electron chi connectivity index (χ1n) is 7.19. The highest BCUT2D eigenvalue weighted by Gasteiger charge is 2.23. The molecule has 0 saturated carbocycles. The van der Waals surface area contributed by atoms with Crippen LogP contribution in [0.15, 0.2) is 22.7 Å². The molecule has 1 amide bonds. The molecule has 21 heavy (non-hydrogen) atoms. The van der Waals surface area contributed by atoms with E-state index in [2.05, 4.69) is 21.2 Å². The Kier molecular flexibility index (Phi) is 6.33. The minimum Gasteiger partial charge on any atom is -0.450 e. The molecule has 1 aromatic carbocycles. The van der Waals surface area contributed by atoms with E-state index in [0.29, 0.717) is 12.6 Å². The van der Waals surface area contributed by atoms with Gasteiger partial charge in [-0.1, -0.05) is 27.5 Å². The summed E-state index contributed by atoms with van der Waals surface area (Å²) >= 11 is 9.64. The minimum absolute atomic E-state index is 0.203. The van der Waals surface area contributed by atoms with Crippen molar-refractivity contribution in [3.8, 4) is 0 Å². The Morgan fingerprint density at radius 1 is 1.48 bits per heavy atom. The van der Waals surface area contributed by atoms with Crippen molar-refractivity contribution in [1.82, 2.24) is 10.2 Å². The lowest BCUT2D eigenvalue weighted by atomic mass is 10.0. The fourth-order valence-electron chi connectivity index (χ4n) is 2.41. The van der Waals surface area contributed by atoms with Crippen LogP contribution >= 0.6 is 27.5 Å². The number of nitrogens with zero attached hydrogens (tertiary/aromatic N) is 1. The number of nitrogens with one attached hydrogen (secondary N) is 1. The van der Waals surface area contributed by atoms with Gasteiger partial charge in [-0.05, 0) is 43.5 Å². The standard InChI is InChI=1S/C15H20BrClN2O2/c1-2-21-15(20)19-7-5-13(6-8-19)18-10-11-9-12(16)3-4-14(11)17/h3-4,9,13,18H,2,5-8,10H2,1H3. The summed E-state index contributed by atoms with van der Waals surface area (Å²) < 4.78 is 6.05. The average Bonchev–Trinajstić information content (AvgIpc) is 2.49. The van der Waals surface area contributed by atoms with Crippen molar-refractivity contribution >= 4 is 33.6 Å². The number of piperidine rings is 1. The Labute approximate surface area is 138 Å². The first-order chi connectivity index (χ1) is 10.1. The molecule has 1 N–H and O–H groups in total.